The maximum atomic E-state index is 12.6. The fourth-order valence-electron chi connectivity index (χ4n) is 2.57. The number of para-hydroxylation sites is 1. The van der Waals surface area contributed by atoms with E-state index in [1.165, 1.54) is 10.9 Å². The molecule has 2 N–H and O–H groups in total. The number of aromatic nitrogens is 2. The van der Waals surface area contributed by atoms with Gasteiger partial charge in [-0.05, 0) is 38.1 Å². The number of aryl methyl sites for hydroxylation is 1. The van der Waals surface area contributed by atoms with Crippen molar-refractivity contribution in [3.63, 3.8) is 0 Å². The Morgan fingerprint density at radius 3 is 2.63 bits per heavy atom. The fourth-order valence-corrected chi connectivity index (χ4v) is 2.93. The quantitative estimate of drug-likeness (QED) is 0.681. The van der Waals surface area contributed by atoms with Crippen LogP contribution in [-0.4, -0.2) is 27.6 Å². The molecule has 2 heterocycles. The van der Waals surface area contributed by atoms with Gasteiger partial charge in [0.05, 0.1) is 29.8 Å². The van der Waals surface area contributed by atoms with Crippen LogP contribution in [0.5, 0.6) is 0 Å². The van der Waals surface area contributed by atoms with Gasteiger partial charge in [0.15, 0.2) is 0 Å². The molecule has 0 spiro atoms. The van der Waals surface area contributed by atoms with Gasteiger partial charge in [-0.15, -0.1) is 0 Å². The first kappa shape index (κ1) is 18.7. The van der Waals surface area contributed by atoms with Crippen molar-refractivity contribution in [1.82, 2.24) is 20.4 Å². The van der Waals surface area contributed by atoms with Gasteiger partial charge in [-0.25, -0.2) is 4.68 Å². The molecule has 2 aromatic heterocycles. The number of carbonyl (C=O) groups is 2. The first-order chi connectivity index (χ1) is 13.0. The van der Waals surface area contributed by atoms with E-state index >= 15 is 0 Å². The van der Waals surface area contributed by atoms with Crippen LogP contribution in [0.2, 0.25) is 5.15 Å². The summed E-state index contributed by atoms with van der Waals surface area (Å²) in [5, 5.41) is 9.88. The highest BCUT2D eigenvalue weighted by molar-refractivity contribution is 6.33. The van der Waals surface area contributed by atoms with E-state index in [4.69, 9.17) is 16.0 Å². The standard InChI is InChI=1S/C19H19ClN4O3/c1-12-16(17(20)24(23-12)14-7-4-3-5-8-14)19(26)22-13(2)18(25)21-11-15-9-6-10-27-15/h3-10,13H,11H2,1-2H3,(H,21,25)(H,22,26). The van der Waals surface area contributed by atoms with Gasteiger partial charge in [0.25, 0.3) is 5.91 Å². The lowest BCUT2D eigenvalue weighted by Gasteiger charge is -2.13. The fraction of sp³-hybridized carbons (Fsp3) is 0.211. The second-order valence-corrected chi connectivity index (χ2v) is 6.35. The zero-order valence-corrected chi connectivity index (χ0v) is 15.7. The largest absolute Gasteiger partial charge is 0.467 e. The molecule has 140 valence electrons. The number of nitrogens with zero attached hydrogens (tertiary/aromatic N) is 2. The Morgan fingerprint density at radius 1 is 1.22 bits per heavy atom. The van der Waals surface area contributed by atoms with E-state index in [-0.39, 0.29) is 23.2 Å². The number of carbonyl (C=O) groups excluding carboxylic acids is 2. The second-order valence-electron chi connectivity index (χ2n) is 5.99. The van der Waals surface area contributed by atoms with Crippen molar-refractivity contribution in [3.05, 3.63) is 70.9 Å². The summed E-state index contributed by atoms with van der Waals surface area (Å²) >= 11 is 6.38. The molecule has 0 fully saturated rings. The predicted octanol–water partition coefficient (Wildman–Crippen LogP) is 2.86. The highest BCUT2D eigenvalue weighted by atomic mass is 35.5. The van der Waals surface area contributed by atoms with Crippen LogP contribution in [0.4, 0.5) is 0 Å². The molecule has 1 atom stereocenters. The molecule has 0 radical (unpaired) electrons. The lowest BCUT2D eigenvalue weighted by atomic mass is 10.2. The summed E-state index contributed by atoms with van der Waals surface area (Å²) in [7, 11) is 0. The van der Waals surface area contributed by atoms with Crippen molar-refractivity contribution in [1.29, 1.82) is 0 Å². The topological polar surface area (TPSA) is 89.2 Å². The van der Waals surface area contributed by atoms with Crippen molar-refractivity contribution in [3.8, 4) is 5.69 Å². The summed E-state index contributed by atoms with van der Waals surface area (Å²) in [6, 6.07) is 12.0. The average Bonchev–Trinajstić information content (AvgIpc) is 3.28. The van der Waals surface area contributed by atoms with Crippen LogP contribution < -0.4 is 10.6 Å². The average molecular weight is 387 g/mol. The Labute approximate surface area is 161 Å². The van der Waals surface area contributed by atoms with Gasteiger partial charge < -0.3 is 15.1 Å². The summed E-state index contributed by atoms with van der Waals surface area (Å²) in [6.45, 7) is 3.54. The molecule has 7 nitrogen and oxygen atoms in total. The summed E-state index contributed by atoms with van der Waals surface area (Å²) in [5.41, 5.74) is 1.46. The van der Waals surface area contributed by atoms with Crippen molar-refractivity contribution >= 4 is 23.4 Å². The first-order valence-corrected chi connectivity index (χ1v) is 8.76. The third kappa shape index (κ3) is 4.20. The summed E-state index contributed by atoms with van der Waals surface area (Å²) in [6.07, 6.45) is 1.53. The predicted molar refractivity (Wildman–Crippen MR) is 101 cm³/mol. The molecule has 0 saturated heterocycles. The monoisotopic (exact) mass is 386 g/mol. The number of hydrogen-bond acceptors (Lipinski definition) is 4. The Kier molecular flexibility index (Phi) is 5.61. The van der Waals surface area contributed by atoms with Crippen LogP contribution in [-0.2, 0) is 11.3 Å². The Morgan fingerprint density at radius 2 is 1.96 bits per heavy atom. The lowest BCUT2D eigenvalue weighted by Crippen LogP contribution is -2.44. The van der Waals surface area contributed by atoms with E-state index in [1.807, 2.05) is 30.3 Å². The summed E-state index contributed by atoms with van der Waals surface area (Å²) in [5.74, 6) is -0.158. The highest BCUT2D eigenvalue weighted by Crippen LogP contribution is 2.23. The van der Waals surface area contributed by atoms with Crippen molar-refractivity contribution in [2.24, 2.45) is 0 Å². The summed E-state index contributed by atoms with van der Waals surface area (Å²) in [4.78, 5) is 24.8. The van der Waals surface area contributed by atoms with Crippen LogP contribution in [0.15, 0.2) is 53.1 Å². The van der Waals surface area contributed by atoms with E-state index in [1.54, 1.807) is 26.0 Å². The lowest BCUT2D eigenvalue weighted by molar-refractivity contribution is -0.122. The zero-order valence-electron chi connectivity index (χ0n) is 14.9. The van der Waals surface area contributed by atoms with Crippen molar-refractivity contribution in [2.45, 2.75) is 26.4 Å². The Hall–Kier alpha value is -3.06. The number of hydrogen-bond donors (Lipinski definition) is 2. The number of nitrogens with one attached hydrogen (secondary N) is 2. The van der Waals surface area contributed by atoms with Crippen molar-refractivity contribution < 1.29 is 14.0 Å². The molecule has 0 aliphatic rings. The molecule has 2 amide bonds. The molecule has 3 aromatic rings. The van der Waals surface area contributed by atoms with Gasteiger partial charge >= 0.3 is 0 Å². The Bertz CT molecular complexity index is 936. The number of amides is 2. The van der Waals surface area contributed by atoms with E-state index in [0.717, 1.165) is 5.69 Å². The normalized spacial score (nSPS) is 11.8. The maximum Gasteiger partial charge on any atom is 0.256 e. The number of rotatable bonds is 6. The number of furan rings is 1. The third-order valence-corrected chi connectivity index (χ3v) is 4.34. The SMILES string of the molecule is Cc1nn(-c2ccccc2)c(Cl)c1C(=O)NC(C)C(=O)NCc1ccco1. The molecule has 27 heavy (non-hydrogen) atoms. The minimum atomic E-state index is -0.747. The number of benzene rings is 1. The van der Waals surface area contributed by atoms with Crippen LogP contribution in [0.25, 0.3) is 5.69 Å². The molecular weight excluding hydrogens is 368 g/mol. The number of halogens is 1. The minimum Gasteiger partial charge on any atom is -0.467 e. The molecule has 8 heteroatoms. The van der Waals surface area contributed by atoms with Gasteiger partial charge in [-0.2, -0.15) is 5.10 Å². The third-order valence-electron chi connectivity index (χ3n) is 3.99. The maximum absolute atomic E-state index is 12.6. The van der Waals surface area contributed by atoms with Crippen LogP contribution in [0.3, 0.4) is 0 Å². The van der Waals surface area contributed by atoms with E-state index in [2.05, 4.69) is 15.7 Å². The van der Waals surface area contributed by atoms with Crippen LogP contribution >= 0.6 is 11.6 Å². The molecule has 3 rings (SSSR count). The summed E-state index contributed by atoms with van der Waals surface area (Å²) < 4.78 is 6.65. The van der Waals surface area contributed by atoms with Gasteiger partial charge in [0.2, 0.25) is 5.91 Å². The minimum absolute atomic E-state index is 0.194. The van der Waals surface area contributed by atoms with Crippen LogP contribution in [0, 0.1) is 6.92 Å². The molecule has 1 aromatic carbocycles. The van der Waals surface area contributed by atoms with Crippen LogP contribution in [0.1, 0.15) is 28.7 Å². The van der Waals surface area contributed by atoms with Gasteiger partial charge in [-0.1, -0.05) is 29.8 Å². The first-order valence-electron chi connectivity index (χ1n) is 8.39. The molecule has 0 bridgehead atoms. The highest BCUT2D eigenvalue weighted by Gasteiger charge is 2.24. The zero-order chi connectivity index (χ0) is 19.4. The van der Waals surface area contributed by atoms with Gasteiger partial charge in [0, 0.05) is 0 Å². The van der Waals surface area contributed by atoms with E-state index in [9.17, 15) is 9.59 Å². The Balaban J connectivity index is 1.68. The second kappa shape index (κ2) is 8.09. The van der Waals surface area contributed by atoms with Crippen molar-refractivity contribution in [2.75, 3.05) is 0 Å². The molecular formula is C19H19ClN4O3. The van der Waals surface area contributed by atoms with E-state index in [0.29, 0.717) is 11.5 Å². The van der Waals surface area contributed by atoms with Gasteiger partial charge in [-0.3, -0.25) is 9.59 Å². The molecule has 0 saturated carbocycles. The molecule has 0 aliphatic carbocycles. The molecule has 1 unspecified atom stereocenters. The van der Waals surface area contributed by atoms with Gasteiger partial charge in [0.1, 0.15) is 17.0 Å². The molecule has 0 aliphatic heterocycles. The van der Waals surface area contributed by atoms with E-state index < -0.39 is 11.9 Å². The smallest absolute Gasteiger partial charge is 0.256 e.